The Labute approximate surface area is 147 Å². The second kappa shape index (κ2) is 9.27. The number of rotatable bonds is 7. The number of hydrogen-bond acceptors (Lipinski definition) is 4. The smallest absolute Gasteiger partial charge is 0.317 e. The highest BCUT2D eigenvalue weighted by atomic mass is 32.2. The summed E-state index contributed by atoms with van der Waals surface area (Å²) in [5, 5.41) is 2.96. The SMILES string of the molecule is Cc1ccc(SCCCNC(=O)N(C)C(C)c2ccncn2)cc1. The van der Waals surface area contributed by atoms with Gasteiger partial charge in [-0.2, -0.15) is 0 Å². The predicted octanol–water partition coefficient (Wildman–Crippen LogP) is 3.67. The molecule has 1 N–H and O–H groups in total. The van der Waals surface area contributed by atoms with Crippen molar-refractivity contribution in [3.05, 3.63) is 54.1 Å². The molecule has 0 fully saturated rings. The molecule has 0 aliphatic carbocycles. The van der Waals surface area contributed by atoms with Gasteiger partial charge in [0.2, 0.25) is 0 Å². The van der Waals surface area contributed by atoms with Crippen molar-refractivity contribution in [3.63, 3.8) is 0 Å². The molecule has 0 radical (unpaired) electrons. The quantitative estimate of drug-likeness (QED) is 0.615. The lowest BCUT2D eigenvalue weighted by Crippen LogP contribution is -2.39. The fraction of sp³-hybridized carbons (Fsp3) is 0.389. The summed E-state index contributed by atoms with van der Waals surface area (Å²) >= 11 is 1.81. The molecule has 0 saturated carbocycles. The van der Waals surface area contributed by atoms with Crippen LogP contribution in [-0.4, -0.2) is 40.2 Å². The average Bonchev–Trinajstić information content (AvgIpc) is 2.62. The van der Waals surface area contributed by atoms with Gasteiger partial charge in [0.25, 0.3) is 0 Å². The third kappa shape index (κ3) is 5.53. The molecule has 128 valence electrons. The van der Waals surface area contributed by atoms with Crippen LogP contribution < -0.4 is 5.32 Å². The van der Waals surface area contributed by atoms with E-state index in [4.69, 9.17) is 0 Å². The van der Waals surface area contributed by atoms with Gasteiger partial charge in [-0.3, -0.25) is 0 Å². The lowest BCUT2D eigenvalue weighted by atomic mass is 10.2. The standard InChI is InChI=1S/C18H24N4OS/c1-14-5-7-16(8-6-14)24-12-4-10-20-18(23)22(3)15(2)17-9-11-19-13-21-17/h5-9,11,13,15H,4,10,12H2,1-3H3,(H,20,23). The van der Waals surface area contributed by atoms with E-state index < -0.39 is 0 Å². The number of benzene rings is 1. The van der Waals surface area contributed by atoms with Gasteiger partial charge >= 0.3 is 6.03 Å². The molecular formula is C18H24N4OS. The van der Waals surface area contributed by atoms with Crippen molar-refractivity contribution >= 4 is 17.8 Å². The van der Waals surface area contributed by atoms with Gasteiger partial charge < -0.3 is 10.2 Å². The number of urea groups is 1. The van der Waals surface area contributed by atoms with E-state index in [0.29, 0.717) is 6.54 Å². The van der Waals surface area contributed by atoms with Gasteiger partial charge in [0, 0.05) is 24.7 Å². The maximum Gasteiger partial charge on any atom is 0.317 e. The van der Waals surface area contributed by atoms with E-state index in [1.807, 2.05) is 24.8 Å². The number of carbonyl (C=O) groups is 1. The molecule has 1 unspecified atom stereocenters. The summed E-state index contributed by atoms with van der Waals surface area (Å²) in [5.74, 6) is 0.981. The topological polar surface area (TPSA) is 58.1 Å². The number of aryl methyl sites for hydroxylation is 1. The zero-order valence-corrected chi connectivity index (χ0v) is 15.2. The number of amides is 2. The Bertz CT molecular complexity index is 633. The van der Waals surface area contributed by atoms with E-state index in [9.17, 15) is 4.79 Å². The van der Waals surface area contributed by atoms with E-state index in [1.54, 1.807) is 18.1 Å². The van der Waals surface area contributed by atoms with Crippen LogP contribution in [0.25, 0.3) is 0 Å². The highest BCUT2D eigenvalue weighted by molar-refractivity contribution is 7.99. The molecule has 6 heteroatoms. The van der Waals surface area contributed by atoms with E-state index in [0.717, 1.165) is 17.9 Å². The lowest BCUT2D eigenvalue weighted by Gasteiger charge is -2.24. The van der Waals surface area contributed by atoms with Crippen LogP contribution in [0, 0.1) is 6.92 Å². The van der Waals surface area contributed by atoms with E-state index in [2.05, 4.69) is 46.5 Å². The first-order chi connectivity index (χ1) is 11.6. The van der Waals surface area contributed by atoms with Gasteiger partial charge in [0.1, 0.15) is 6.33 Å². The molecule has 0 spiro atoms. The number of hydrogen-bond donors (Lipinski definition) is 1. The molecule has 2 rings (SSSR count). The number of nitrogens with zero attached hydrogens (tertiary/aromatic N) is 3. The van der Waals surface area contributed by atoms with Crippen molar-refractivity contribution in [2.45, 2.75) is 31.2 Å². The Kier molecular flexibility index (Phi) is 7.06. The van der Waals surface area contributed by atoms with Crippen molar-refractivity contribution in [1.82, 2.24) is 20.2 Å². The fourth-order valence-electron chi connectivity index (χ4n) is 2.14. The average molecular weight is 344 g/mol. The van der Waals surface area contributed by atoms with Crippen molar-refractivity contribution < 1.29 is 4.79 Å². The Morgan fingerprint density at radius 3 is 2.71 bits per heavy atom. The fourth-order valence-corrected chi connectivity index (χ4v) is 2.99. The minimum absolute atomic E-state index is 0.0820. The third-order valence-corrected chi connectivity index (χ3v) is 4.92. The minimum atomic E-state index is -0.0880. The maximum atomic E-state index is 12.2. The minimum Gasteiger partial charge on any atom is -0.338 e. The summed E-state index contributed by atoms with van der Waals surface area (Å²) in [6, 6.07) is 10.2. The van der Waals surface area contributed by atoms with Gasteiger partial charge in [-0.15, -0.1) is 11.8 Å². The summed E-state index contributed by atoms with van der Waals surface area (Å²) in [4.78, 5) is 23.2. The molecule has 0 saturated heterocycles. The van der Waals surface area contributed by atoms with Crippen LogP contribution in [0.1, 0.15) is 30.6 Å². The Morgan fingerprint density at radius 1 is 1.29 bits per heavy atom. The molecule has 0 aliphatic rings. The lowest BCUT2D eigenvalue weighted by molar-refractivity contribution is 0.193. The third-order valence-electron chi connectivity index (χ3n) is 3.82. The maximum absolute atomic E-state index is 12.2. The van der Waals surface area contributed by atoms with Crippen LogP contribution in [0.2, 0.25) is 0 Å². The number of thioether (sulfide) groups is 1. The van der Waals surface area contributed by atoms with Gasteiger partial charge in [-0.1, -0.05) is 17.7 Å². The van der Waals surface area contributed by atoms with Gasteiger partial charge in [0.15, 0.2) is 0 Å². The summed E-state index contributed by atoms with van der Waals surface area (Å²) in [6.07, 6.45) is 4.12. The summed E-state index contributed by atoms with van der Waals surface area (Å²) in [6.45, 7) is 4.70. The van der Waals surface area contributed by atoms with Crippen molar-refractivity contribution in [3.8, 4) is 0 Å². The first kappa shape index (κ1) is 18.3. The molecule has 1 heterocycles. The van der Waals surface area contributed by atoms with Crippen molar-refractivity contribution in [1.29, 1.82) is 0 Å². The normalized spacial score (nSPS) is 11.8. The van der Waals surface area contributed by atoms with Crippen LogP contribution in [0.4, 0.5) is 4.79 Å². The molecular weight excluding hydrogens is 320 g/mol. The van der Waals surface area contributed by atoms with Crippen LogP contribution >= 0.6 is 11.8 Å². The van der Waals surface area contributed by atoms with Gasteiger partial charge in [-0.25, -0.2) is 14.8 Å². The summed E-state index contributed by atoms with van der Waals surface area (Å²) in [5.41, 5.74) is 2.10. The largest absolute Gasteiger partial charge is 0.338 e. The number of aromatic nitrogens is 2. The highest BCUT2D eigenvalue weighted by Crippen LogP contribution is 2.19. The Morgan fingerprint density at radius 2 is 2.04 bits per heavy atom. The zero-order chi connectivity index (χ0) is 17.4. The van der Waals surface area contributed by atoms with Crippen LogP contribution in [-0.2, 0) is 0 Å². The highest BCUT2D eigenvalue weighted by Gasteiger charge is 2.17. The monoisotopic (exact) mass is 344 g/mol. The Balaban J connectivity index is 1.68. The van der Waals surface area contributed by atoms with E-state index >= 15 is 0 Å². The first-order valence-electron chi connectivity index (χ1n) is 8.04. The molecule has 1 aromatic heterocycles. The van der Waals surface area contributed by atoms with Crippen LogP contribution in [0.15, 0.2) is 47.8 Å². The summed E-state index contributed by atoms with van der Waals surface area (Å²) < 4.78 is 0. The molecule has 2 amide bonds. The zero-order valence-electron chi connectivity index (χ0n) is 14.4. The number of nitrogens with one attached hydrogen (secondary N) is 1. The van der Waals surface area contributed by atoms with Crippen LogP contribution in [0.5, 0.6) is 0 Å². The molecule has 24 heavy (non-hydrogen) atoms. The first-order valence-corrected chi connectivity index (χ1v) is 9.02. The molecule has 0 bridgehead atoms. The van der Waals surface area contributed by atoms with Gasteiger partial charge in [0.05, 0.1) is 11.7 Å². The molecule has 1 atom stereocenters. The molecule has 2 aromatic rings. The van der Waals surface area contributed by atoms with Crippen molar-refractivity contribution in [2.24, 2.45) is 0 Å². The number of carbonyl (C=O) groups excluding carboxylic acids is 1. The summed E-state index contributed by atoms with van der Waals surface area (Å²) in [7, 11) is 1.78. The Hall–Kier alpha value is -2.08. The predicted molar refractivity (Wildman–Crippen MR) is 98.1 cm³/mol. The van der Waals surface area contributed by atoms with Crippen molar-refractivity contribution in [2.75, 3.05) is 19.3 Å². The second-order valence-electron chi connectivity index (χ2n) is 5.67. The van der Waals surface area contributed by atoms with E-state index in [-0.39, 0.29) is 12.1 Å². The molecule has 5 nitrogen and oxygen atoms in total. The molecule has 1 aromatic carbocycles. The van der Waals surface area contributed by atoms with E-state index in [1.165, 1.54) is 16.8 Å². The van der Waals surface area contributed by atoms with Gasteiger partial charge in [-0.05, 0) is 44.2 Å². The second-order valence-corrected chi connectivity index (χ2v) is 6.84. The molecule has 0 aliphatic heterocycles. The van der Waals surface area contributed by atoms with Crippen LogP contribution in [0.3, 0.4) is 0 Å².